The third-order valence-corrected chi connectivity index (χ3v) is 7.48. The number of thiophene rings is 1. The minimum absolute atomic E-state index is 0.120. The largest absolute Gasteiger partial charge is 0.544 e. The predicted molar refractivity (Wildman–Crippen MR) is 141 cm³/mol. The lowest BCUT2D eigenvalue weighted by Gasteiger charge is -2.36. The third kappa shape index (κ3) is 8.18. The Morgan fingerprint density at radius 1 is 1.00 bits per heavy atom. The number of nitrogens with zero attached hydrogens (tertiary/aromatic N) is 3. The summed E-state index contributed by atoms with van der Waals surface area (Å²) in [6, 6.07) is 11.5. The number of hydrogen-bond donors (Lipinski definition) is 1. The van der Waals surface area contributed by atoms with E-state index in [-0.39, 0.29) is 17.3 Å². The molecule has 218 valence electrons. The smallest absolute Gasteiger partial charge is 0.444 e. The van der Waals surface area contributed by atoms with Crippen molar-refractivity contribution in [1.82, 2.24) is 20.2 Å². The molecular weight excluding hydrogens is 549 g/mol. The van der Waals surface area contributed by atoms with Crippen LogP contribution in [0.25, 0.3) is 0 Å². The normalized spacial score (nSPS) is 17.3. The van der Waals surface area contributed by atoms with Gasteiger partial charge in [-0.05, 0) is 51.3 Å². The Kier molecular flexibility index (Phi) is 8.76. The predicted octanol–water partition coefficient (Wildman–Crippen LogP) is 4.54. The molecule has 0 bridgehead atoms. The van der Waals surface area contributed by atoms with E-state index in [0.717, 1.165) is 16.2 Å². The molecule has 0 atom stereocenters. The molecule has 0 unspecified atom stereocenters. The summed E-state index contributed by atoms with van der Waals surface area (Å²) in [7, 11) is 0. The molecule has 13 heteroatoms. The fourth-order valence-corrected chi connectivity index (χ4v) is 5.36. The Balaban J connectivity index is 1.30. The van der Waals surface area contributed by atoms with Crippen molar-refractivity contribution in [3.63, 3.8) is 0 Å². The lowest BCUT2D eigenvalue weighted by atomic mass is 10.2. The summed E-state index contributed by atoms with van der Waals surface area (Å²) in [5.74, 6) is -0.995. The maximum absolute atomic E-state index is 13.1. The van der Waals surface area contributed by atoms with Gasteiger partial charge in [0.15, 0.2) is 0 Å². The molecule has 1 aromatic carbocycles. The Morgan fingerprint density at radius 3 is 2.23 bits per heavy atom. The van der Waals surface area contributed by atoms with E-state index in [0.29, 0.717) is 56.2 Å². The van der Waals surface area contributed by atoms with Gasteiger partial charge >= 0.3 is 12.5 Å². The molecule has 3 amide bonds. The highest BCUT2D eigenvalue weighted by Crippen LogP contribution is 2.38. The summed E-state index contributed by atoms with van der Waals surface area (Å²) in [5, 5.41) is 3.07. The molecule has 1 N–H and O–H groups in total. The van der Waals surface area contributed by atoms with Gasteiger partial charge < -0.3 is 15.0 Å². The van der Waals surface area contributed by atoms with Gasteiger partial charge in [0, 0.05) is 37.6 Å². The molecule has 1 saturated carbocycles. The van der Waals surface area contributed by atoms with Gasteiger partial charge in [-0.1, -0.05) is 30.3 Å². The summed E-state index contributed by atoms with van der Waals surface area (Å²) < 4.78 is 44.4. The van der Waals surface area contributed by atoms with E-state index in [1.165, 1.54) is 6.07 Å². The van der Waals surface area contributed by atoms with Gasteiger partial charge in [0.2, 0.25) is 5.91 Å². The maximum atomic E-state index is 13.1. The van der Waals surface area contributed by atoms with Crippen LogP contribution in [0.3, 0.4) is 0 Å². The van der Waals surface area contributed by atoms with Crippen molar-refractivity contribution in [2.45, 2.75) is 64.2 Å². The Bertz CT molecular complexity index is 1200. The summed E-state index contributed by atoms with van der Waals surface area (Å²) in [6.07, 6.45) is -4.49. The molecule has 1 aromatic heterocycles. The number of piperazine rings is 1. The van der Waals surface area contributed by atoms with Crippen molar-refractivity contribution < 1.29 is 37.1 Å². The highest BCUT2D eigenvalue weighted by Gasteiger charge is 2.54. The van der Waals surface area contributed by atoms with Crippen molar-refractivity contribution >= 4 is 29.2 Å². The molecule has 2 heterocycles. The van der Waals surface area contributed by atoms with Crippen LogP contribution in [0.15, 0.2) is 42.5 Å². The monoisotopic (exact) mass is 582 g/mol. The van der Waals surface area contributed by atoms with E-state index in [9.17, 15) is 27.6 Å². The number of carbonyl (C=O) groups excluding carboxylic acids is 3. The van der Waals surface area contributed by atoms with Crippen LogP contribution >= 0.6 is 11.3 Å². The lowest BCUT2D eigenvalue weighted by molar-refractivity contribution is -0.400. The second kappa shape index (κ2) is 11.8. The number of hydrogen-bond acceptors (Lipinski definition) is 7. The Hall–Kier alpha value is -3.16. The van der Waals surface area contributed by atoms with E-state index in [1.807, 2.05) is 0 Å². The van der Waals surface area contributed by atoms with Crippen molar-refractivity contribution in [1.29, 1.82) is 0 Å². The van der Waals surface area contributed by atoms with Gasteiger partial charge in [-0.25, -0.2) is 9.86 Å². The average molecular weight is 583 g/mol. The standard InChI is InChI=1S/C27H33F3N4O5S/c1-25(2,3)38-24(37)31-26(11-12-26)23(36)33-15-13-32(14-16-33)18-20-9-10-21(40-20)22(35)34(39-27(28,29)30)17-19-7-5-4-6-8-19/h4-10H,11-18H2,1-3H3,(H,31,37). The van der Waals surface area contributed by atoms with Gasteiger partial charge in [0.25, 0.3) is 5.91 Å². The second-order valence-corrected chi connectivity index (χ2v) is 12.1. The van der Waals surface area contributed by atoms with E-state index < -0.39 is 29.5 Å². The van der Waals surface area contributed by atoms with Crippen molar-refractivity contribution in [2.75, 3.05) is 26.2 Å². The van der Waals surface area contributed by atoms with Gasteiger partial charge in [0.1, 0.15) is 11.1 Å². The number of alkyl carbamates (subject to hydrolysis) is 1. The first-order chi connectivity index (χ1) is 18.7. The molecule has 1 saturated heterocycles. The van der Waals surface area contributed by atoms with Crippen LogP contribution in [0.2, 0.25) is 0 Å². The van der Waals surface area contributed by atoms with Crippen LogP contribution < -0.4 is 5.32 Å². The number of ether oxygens (including phenoxy) is 1. The minimum atomic E-state index is -5.01. The fourth-order valence-electron chi connectivity index (χ4n) is 4.37. The van der Waals surface area contributed by atoms with E-state index in [1.54, 1.807) is 62.1 Å². The number of amides is 3. The minimum Gasteiger partial charge on any atom is -0.444 e. The number of nitrogens with one attached hydrogen (secondary N) is 1. The molecule has 0 radical (unpaired) electrons. The summed E-state index contributed by atoms with van der Waals surface area (Å²) in [4.78, 5) is 47.1. The van der Waals surface area contributed by atoms with E-state index >= 15 is 0 Å². The molecule has 1 aliphatic carbocycles. The first-order valence-corrected chi connectivity index (χ1v) is 13.8. The van der Waals surface area contributed by atoms with Crippen LogP contribution in [0.4, 0.5) is 18.0 Å². The topological polar surface area (TPSA) is 91.4 Å². The second-order valence-electron chi connectivity index (χ2n) is 10.9. The van der Waals surface area contributed by atoms with Crippen LogP contribution in [0, 0.1) is 0 Å². The molecule has 4 rings (SSSR count). The van der Waals surface area contributed by atoms with Gasteiger partial charge in [-0.2, -0.15) is 4.84 Å². The molecule has 2 aromatic rings. The molecule has 1 aliphatic heterocycles. The van der Waals surface area contributed by atoms with Crippen LogP contribution in [-0.4, -0.2) is 76.5 Å². The quantitative estimate of drug-likeness (QED) is 0.460. The number of rotatable bonds is 8. The molecule has 2 aliphatic rings. The zero-order chi connectivity index (χ0) is 29.1. The van der Waals surface area contributed by atoms with Crippen molar-refractivity contribution in [3.05, 3.63) is 57.8 Å². The van der Waals surface area contributed by atoms with Gasteiger partial charge in [-0.3, -0.25) is 14.5 Å². The highest BCUT2D eigenvalue weighted by molar-refractivity contribution is 7.14. The fraction of sp³-hybridized carbons (Fsp3) is 0.519. The van der Waals surface area contributed by atoms with Crippen molar-refractivity contribution in [3.8, 4) is 0 Å². The number of alkyl halides is 3. The number of carbonyl (C=O) groups is 3. The Morgan fingerprint density at radius 2 is 1.65 bits per heavy atom. The molecule has 9 nitrogen and oxygen atoms in total. The van der Waals surface area contributed by atoms with Crippen LogP contribution in [0.1, 0.15) is 53.7 Å². The van der Waals surface area contributed by atoms with Crippen molar-refractivity contribution in [2.24, 2.45) is 0 Å². The van der Waals surface area contributed by atoms with E-state index in [2.05, 4.69) is 15.1 Å². The third-order valence-electron chi connectivity index (χ3n) is 6.42. The van der Waals surface area contributed by atoms with Gasteiger partial charge in [-0.15, -0.1) is 24.5 Å². The number of hydroxylamine groups is 2. The molecule has 0 spiro atoms. The van der Waals surface area contributed by atoms with Crippen LogP contribution in [-0.2, 0) is 27.5 Å². The SMILES string of the molecule is CC(C)(C)OC(=O)NC1(C(=O)N2CCN(Cc3ccc(C(=O)N(Cc4ccccc4)OC(F)(F)F)s3)CC2)CC1. The average Bonchev–Trinajstić information content (AvgIpc) is 3.49. The zero-order valence-corrected chi connectivity index (χ0v) is 23.4. The van der Waals surface area contributed by atoms with Crippen LogP contribution in [0.5, 0.6) is 0 Å². The number of halogens is 3. The number of benzene rings is 1. The van der Waals surface area contributed by atoms with E-state index in [4.69, 9.17) is 4.74 Å². The molecular formula is C27H33F3N4O5S. The van der Waals surface area contributed by atoms with Gasteiger partial charge in [0.05, 0.1) is 11.4 Å². The summed E-state index contributed by atoms with van der Waals surface area (Å²) in [5.41, 5.74) is -1.07. The summed E-state index contributed by atoms with van der Waals surface area (Å²) in [6.45, 7) is 7.51. The summed E-state index contributed by atoms with van der Waals surface area (Å²) >= 11 is 1.11. The zero-order valence-electron chi connectivity index (χ0n) is 22.6. The highest BCUT2D eigenvalue weighted by atomic mass is 32.1. The molecule has 40 heavy (non-hydrogen) atoms. The molecule has 2 fully saturated rings. The Labute approximate surface area is 234 Å². The maximum Gasteiger partial charge on any atom is 0.544 e. The lowest BCUT2D eigenvalue weighted by Crippen LogP contribution is -2.56. The first-order valence-electron chi connectivity index (χ1n) is 13.0. The first kappa shape index (κ1) is 29.8.